The minimum Gasteiger partial charge on any atom is -0.348 e. The maximum Gasteiger partial charge on any atom is 0.272 e. The highest BCUT2D eigenvalue weighted by atomic mass is 35.5. The van der Waals surface area contributed by atoms with Gasteiger partial charge in [-0.25, -0.2) is 0 Å². The van der Waals surface area contributed by atoms with Crippen LogP contribution in [-0.4, -0.2) is 46.7 Å². The normalized spacial score (nSPS) is 18.0. The Morgan fingerprint density at radius 2 is 2.00 bits per heavy atom. The number of nitrogens with zero attached hydrogens (tertiary/aromatic N) is 2. The molecule has 2 aliphatic rings. The van der Waals surface area contributed by atoms with E-state index >= 15 is 0 Å². The Bertz CT molecular complexity index is 725. The molecule has 7 heteroatoms. The van der Waals surface area contributed by atoms with Gasteiger partial charge in [-0.3, -0.25) is 14.8 Å². The van der Waals surface area contributed by atoms with E-state index in [-0.39, 0.29) is 24.4 Å². The molecule has 3 heterocycles. The molecule has 6 nitrogen and oxygen atoms in total. The number of rotatable bonds is 4. The summed E-state index contributed by atoms with van der Waals surface area (Å²) >= 11 is 0. The van der Waals surface area contributed by atoms with E-state index in [1.54, 1.807) is 0 Å². The van der Waals surface area contributed by atoms with Crippen molar-refractivity contribution in [3.63, 3.8) is 0 Å². The van der Waals surface area contributed by atoms with Crippen LogP contribution in [0.5, 0.6) is 0 Å². The van der Waals surface area contributed by atoms with Gasteiger partial charge in [0.25, 0.3) is 5.91 Å². The van der Waals surface area contributed by atoms with E-state index in [9.17, 15) is 4.79 Å². The van der Waals surface area contributed by atoms with Gasteiger partial charge in [-0.15, -0.1) is 12.4 Å². The van der Waals surface area contributed by atoms with Crippen molar-refractivity contribution in [1.82, 2.24) is 25.7 Å². The first-order valence-corrected chi connectivity index (χ1v) is 9.13. The molecule has 0 aliphatic carbocycles. The molecule has 0 atom stereocenters. The van der Waals surface area contributed by atoms with Crippen LogP contribution >= 0.6 is 12.4 Å². The molecule has 0 spiro atoms. The predicted molar refractivity (Wildman–Crippen MR) is 103 cm³/mol. The Kier molecular flexibility index (Phi) is 6.29. The highest BCUT2D eigenvalue weighted by Crippen LogP contribution is 2.17. The van der Waals surface area contributed by atoms with Crippen LogP contribution in [0.1, 0.15) is 40.2 Å². The summed E-state index contributed by atoms with van der Waals surface area (Å²) in [5.74, 6) is -0.0392. The SMILES string of the molecule is Cl.O=C(NC1CCN(Cc2ccccc2)CC1)c1n[nH]c2c1CNCC2. The van der Waals surface area contributed by atoms with Crippen LogP contribution in [0.4, 0.5) is 0 Å². The molecule has 0 saturated carbocycles. The van der Waals surface area contributed by atoms with Crippen LogP contribution in [0.15, 0.2) is 30.3 Å². The van der Waals surface area contributed by atoms with Crippen LogP contribution in [0, 0.1) is 0 Å². The molecule has 4 rings (SSSR count). The van der Waals surface area contributed by atoms with E-state index < -0.39 is 0 Å². The Labute approximate surface area is 160 Å². The topological polar surface area (TPSA) is 73.0 Å². The van der Waals surface area contributed by atoms with Gasteiger partial charge in [0.15, 0.2) is 5.69 Å². The van der Waals surface area contributed by atoms with Gasteiger partial charge in [0, 0.05) is 56.4 Å². The number of H-pyrrole nitrogens is 1. The number of piperidine rings is 1. The number of halogens is 1. The molecule has 1 saturated heterocycles. The van der Waals surface area contributed by atoms with Gasteiger partial charge in [-0.1, -0.05) is 30.3 Å². The van der Waals surface area contributed by atoms with Crippen LogP contribution in [0.3, 0.4) is 0 Å². The summed E-state index contributed by atoms with van der Waals surface area (Å²) in [5, 5.41) is 13.8. The molecule has 0 radical (unpaired) electrons. The van der Waals surface area contributed by atoms with Crippen molar-refractivity contribution in [3.05, 3.63) is 52.8 Å². The summed E-state index contributed by atoms with van der Waals surface area (Å²) < 4.78 is 0. The number of aromatic nitrogens is 2. The second-order valence-corrected chi connectivity index (χ2v) is 6.97. The molecular formula is C19H26ClN5O. The van der Waals surface area contributed by atoms with E-state index in [1.165, 1.54) is 5.56 Å². The van der Waals surface area contributed by atoms with Crippen molar-refractivity contribution < 1.29 is 4.79 Å². The van der Waals surface area contributed by atoms with E-state index in [1.807, 2.05) is 0 Å². The zero-order valence-corrected chi connectivity index (χ0v) is 15.6. The predicted octanol–water partition coefficient (Wildman–Crippen LogP) is 1.87. The number of fused-ring (bicyclic) bond motifs is 1. The standard InChI is InChI=1S/C19H25N5O.ClH/c25-19(18-16-12-20-9-6-17(16)22-23-18)21-15-7-10-24(11-8-15)13-14-4-2-1-3-5-14;/h1-5,15,20H,6-13H2,(H,21,25)(H,22,23);1H. The lowest BCUT2D eigenvalue weighted by molar-refractivity contribution is 0.0902. The van der Waals surface area contributed by atoms with Crippen molar-refractivity contribution in [2.75, 3.05) is 19.6 Å². The van der Waals surface area contributed by atoms with Crippen LogP contribution < -0.4 is 10.6 Å². The van der Waals surface area contributed by atoms with Gasteiger partial charge < -0.3 is 10.6 Å². The van der Waals surface area contributed by atoms with Crippen molar-refractivity contribution in [2.45, 2.75) is 38.4 Å². The van der Waals surface area contributed by atoms with Gasteiger partial charge in [-0.05, 0) is 18.4 Å². The fraction of sp³-hybridized carbons (Fsp3) is 0.474. The molecule has 140 valence electrons. The summed E-state index contributed by atoms with van der Waals surface area (Å²) in [6.45, 7) is 4.68. The van der Waals surface area contributed by atoms with E-state index in [0.29, 0.717) is 5.69 Å². The second-order valence-electron chi connectivity index (χ2n) is 6.97. The lowest BCUT2D eigenvalue weighted by Gasteiger charge is -2.32. The van der Waals surface area contributed by atoms with Crippen molar-refractivity contribution in [1.29, 1.82) is 0 Å². The third-order valence-corrected chi connectivity index (χ3v) is 5.19. The summed E-state index contributed by atoms with van der Waals surface area (Å²) in [7, 11) is 0. The molecule has 2 aliphatic heterocycles. The van der Waals surface area contributed by atoms with Crippen LogP contribution in [0.2, 0.25) is 0 Å². The van der Waals surface area contributed by atoms with Crippen LogP contribution in [0.25, 0.3) is 0 Å². The number of hydrogen-bond donors (Lipinski definition) is 3. The summed E-state index contributed by atoms with van der Waals surface area (Å²) in [5.41, 5.74) is 4.04. The lowest BCUT2D eigenvalue weighted by atomic mass is 10.0. The number of hydrogen-bond acceptors (Lipinski definition) is 4. The Morgan fingerprint density at radius 3 is 2.77 bits per heavy atom. The average molecular weight is 376 g/mol. The van der Waals surface area contributed by atoms with Crippen LogP contribution in [-0.2, 0) is 19.5 Å². The number of nitrogens with one attached hydrogen (secondary N) is 3. The summed E-state index contributed by atoms with van der Waals surface area (Å²) in [6, 6.07) is 10.8. The minimum atomic E-state index is -0.0392. The Balaban J connectivity index is 0.00000196. The number of aromatic amines is 1. The Morgan fingerprint density at radius 1 is 1.23 bits per heavy atom. The molecule has 3 N–H and O–H groups in total. The second kappa shape index (κ2) is 8.66. The molecule has 1 aromatic carbocycles. The molecule has 0 bridgehead atoms. The molecular weight excluding hydrogens is 350 g/mol. The zero-order chi connectivity index (χ0) is 17.1. The minimum absolute atomic E-state index is 0. The summed E-state index contributed by atoms with van der Waals surface area (Å²) in [6.07, 6.45) is 2.89. The molecule has 26 heavy (non-hydrogen) atoms. The largest absolute Gasteiger partial charge is 0.348 e. The van der Waals surface area contributed by atoms with E-state index in [2.05, 4.69) is 56.1 Å². The number of benzene rings is 1. The van der Waals surface area contributed by atoms with Crippen molar-refractivity contribution in [3.8, 4) is 0 Å². The number of likely N-dealkylation sites (tertiary alicyclic amines) is 1. The zero-order valence-electron chi connectivity index (χ0n) is 14.8. The smallest absolute Gasteiger partial charge is 0.272 e. The number of amides is 1. The molecule has 1 aromatic heterocycles. The first kappa shape index (κ1) is 18.9. The van der Waals surface area contributed by atoms with Gasteiger partial charge in [-0.2, -0.15) is 5.10 Å². The molecule has 1 fully saturated rings. The highest BCUT2D eigenvalue weighted by molar-refractivity contribution is 5.94. The first-order valence-electron chi connectivity index (χ1n) is 9.13. The summed E-state index contributed by atoms with van der Waals surface area (Å²) in [4.78, 5) is 15.0. The fourth-order valence-electron chi connectivity index (χ4n) is 3.74. The Hall–Kier alpha value is -1.89. The van der Waals surface area contributed by atoms with E-state index in [0.717, 1.165) is 63.2 Å². The maximum atomic E-state index is 12.6. The monoisotopic (exact) mass is 375 g/mol. The highest BCUT2D eigenvalue weighted by Gasteiger charge is 2.25. The van der Waals surface area contributed by atoms with Crippen molar-refractivity contribution >= 4 is 18.3 Å². The quantitative estimate of drug-likeness (QED) is 0.762. The lowest BCUT2D eigenvalue weighted by Crippen LogP contribution is -2.44. The number of carbonyl (C=O) groups is 1. The maximum absolute atomic E-state index is 12.6. The average Bonchev–Trinajstić information content (AvgIpc) is 3.08. The first-order chi connectivity index (χ1) is 12.3. The van der Waals surface area contributed by atoms with E-state index in [4.69, 9.17) is 0 Å². The third kappa shape index (κ3) is 4.26. The fourth-order valence-corrected chi connectivity index (χ4v) is 3.74. The van der Waals surface area contributed by atoms with Gasteiger partial charge in [0.2, 0.25) is 0 Å². The van der Waals surface area contributed by atoms with Crippen molar-refractivity contribution in [2.24, 2.45) is 0 Å². The molecule has 2 aromatic rings. The number of carbonyl (C=O) groups excluding carboxylic acids is 1. The van der Waals surface area contributed by atoms with Gasteiger partial charge in [0.1, 0.15) is 0 Å². The van der Waals surface area contributed by atoms with Gasteiger partial charge >= 0.3 is 0 Å². The van der Waals surface area contributed by atoms with Gasteiger partial charge in [0.05, 0.1) is 0 Å². The molecule has 0 unspecified atom stereocenters. The third-order valence-electron chi connectivity index (χ3n) is 5.19. The molecule has 1 amide bonds.